The van der Waals surface area contributed by atoms with Crippen LogP contribution in [0.25, 0.3) is 11.1 Å². The predicted molar refractivity (Wildman–Crippen MR) is 115 cm³/mol. The Hall–Kier alpha value is -3.54. The van der Waals surface area contributed by atoms with Crippen LogP contribution in [-0.2, 0) is 13.1 Å². The highest BCUT2D eigenvalue weighted by Gasteiger charge is 2.27. The molecule has 0 unspecified atom stereocenters. The maximum Gasteiger partial charge on any atom is 0.272 e. The fourth-order valence-corrected chi connectivity index (χ4v) is 3.58. The number of ether oxygens (including phenoxy) is 1. The van der Waals surface area contributed by atoms with Crippen molar-refractivity contribution < 1.29 is 9.53 Å². The SMILES string of the molecule is CN(Cc1cncc2c1CN=C2)C(=O)c1ccc(-c2ccccc2)c(OC2CC2)n1. The van der Waals surface area contributed by atoms with Crippen LogP contribution in [0.2, 0.25) is 0 Å². The first kappa shape index (κ1) is 18.5. The number of amides is 1. The van der Waals surface area contributed by atoms with Crippen molar-refractivity contribution in [2.75, 3.05) is 7.05 Å². The minimum absolute atomic E-state index is 0.147. The molecule has 0 bridgehead atoms. The zero-order valence-electron chi connectivity index (χ0n) is 16.8. The fraction of sp³-hybridized carbons (Fsp3) is 0.250. The van der Waals surface area contributed by atoms with Crippen molar-refractivity contribution in [3.63, 3.8) is 0 Å². The van der Waals surface area contributed by atoms with E-state index in [-0.39, 0.29) is 12.0 Å². The molecule has 3 aromatic rings. The molecule has 150 valence electrons. The first-order valence-corrected chi connectivity index (χ1v) is 10.1. The predicted octanol–water partition coefficient (Wildman–Crippen LogP) is 3.89. The van der Waals surface area contributed by atoms with Crippen LogP contribution >= 0.6 is 0 Å². The van der Waals surface area contributed by atoms with Crippen molar-refractivity contribution in [2.24, 2.45) is 4.99 Å². The van der Waals surface area contributed by atoms with Gasteiger partial charge in [0.1, 0.15) is 11.8 Å². The number of pyridine rings is 2. The number of rotatable bonds is 6. The summed E-state index contributed by atoms with van der Waals surface area (Å²) in [5.74, 6) is 0.380. The Labute approximate surface area is 175 Å². The van der Waals surface area contributed by atoms with Gasteiger partial charge in [-0.25, -0.2) is 4.98 Å². The molecule has 1 aromatic carbocycles. The van der Waals surface area contributed by atoms with Gasteiger partial charge in [0.2, 0.25) is 5.88 Å². The van der Waals surface area contributed by atoms with Crippen LogP contribution in [0.5, 0.6) is 5.88 Å². The third-order valence-electron chi connectivity index (χ3n) is 5.38. The summed E-state index contributed by atoms with van der Waals surface area (Å²) in [6, 6.07) is 13.7. The van der Waals surface area contributed by atoms with E-state index in [4.69, 9.17) is 4.74 Å². The first-order valence-electron chi connectivity index (χ1n) is 10.1. The Morgan fingerprint density at radius 1 is 1.13 bits per heavy atom. The number of benzene rings is 1. The van der Waals surface area contributed by atoms with E-state index in [0.29, 0.717) is 24.7 Å². The van der Waals surface area contributed by atoms with Crippen LogP contribution in [0, 0.1) is 0 Å². The number of aromatic nitrogens is 2. The highest BCUT2D eigenvalue weighted by molar-refractivity contribution is 5.93. The fourth-order valence-electron chi connectivity index (χ4n) is 3.58. The Morgan fingerprint density at radius 2 is 1.97 bits per heavy atom. The third-order valence-corrected chi connectivity index (χ3v) is 5.38. The summed E-state index contributed by atoms with van der Waals surface area (Å²) in [5, 5.41) is 0. The molecule has 1 fully saturated rings. The lowest BCUT2D eigenvalue weighted by Gasteiger charge is -2.19. The number of hydrogen-bond donors (Lipinski definition) is 0. The van der Waals surface area contributed by atoms with Gasteiger partial charge in [-0.1, -0.05) is 30.3 Å². The van der Waals surface area contributed by atoms with E-state index in [1.165, 1.54) is 0 Å². The molecule has 0 atom stereocenters. The van der Waals surface area contributed by atoms with E-state index in [1.54, 1.807) is 18.0 Å². The van der Waals surface area contributed by atoms with Crippen LogP contribution in [0.1, 0.15) is 40.0 Å². The van der Waals surface area contributed by atoms with E-state index in [1.807, 2.05) is 55.0 Å². The Morgan fingerprint density at radius 3 is 2.77 bits per heavy atom. The number of carbonyl (C=O) groups excluding carboxylic acids is 1. The summed E-state index contributed by atoms with van der Waals surface area (Å²) in [6.45, 7) is 1.10. The van der Waals surface area contributed by atoms with E-state index in [9.17, 15) is 4.79 Å². The summed E-state index contributed by atoms with van der Waals surface area (Å²) in [5.41, 5.74) is 5.48. The van der Waals surface area contributed by atoms with Gasteiger partial charge in [0.25, 0.3) is 5.91 Å². The van der Waals surface area contributed by atoms with E-state index in [0.717, 1.165) is 40.7 Å². The lowest BCUT2D eigenvalue weighted by Crippen LogP contribution is -2.27. The van der Waals surface area contributed by atoms with Crippen LogP contribution in [0.4, 0.5) is 0 Å². The highest BCUT2D eigenvalue weighted by Crippen LogP contribution is 2.33. The molecule has 6 nitrogen and oxygen atoms in total. The van der Waals surface area contributed by atoms with Crippen LogP contribution in [0.3, 0.4) is 0 Å². The zero-order valence-corrected chi connectivity index (χ0v) is 16.8. The Bertz CT molecular complexity index is 1120. The Kier molecular flexibility index (Phi) is 4.75. The summed E-state index contributed by atoms with van der Waals surface area (Å²) in [6.07, 6.45) is 7.71. The number of fused-ring (bicyclic) bond motifs is 1. The van der Waals surface area contributed by atoms with E-state index in [2.05, 4.69) is 15.0 Å². The van der Waals surface area contributed by atoms with Gasteiger partial charge in [-0.15, -0.1) is 0 Å². The smallest absolute Gasteiger partial charge is 0.272 e. The van der Waals surface area contributed by atoms with E-state index < -0.39 is 0 Å². The maximum atomic E-state index is 13.1. The average Bonchev–Trinajstić information content (AvgIpc) is 3.46. The standard InChI is InChI=1S/C24H22N4O2/c1-28(15-18-13-25-11-17-12-26-14-21(17)18)24(29)22-10-9-20(16-5-3-2-4-6-16)23(27-22)30-19-7-8-19/h2-6,9-13,19H,7-8,14-15H2,1H3. The zero-order chi connectivity index (χ0) is 20.5. The summed E-state index contributed by atoms with van der Waals surface area (Å²) in [7, 11) is 1.78. The molecule has 1 amide bonds. The van der Waals surface area contributed by atoms with Gasteiger partial charge >= 0.3 is 0 Å². The van der Waals surface area contributed by atoms with Crippen LogP contribution in [-0.4, -0.2) is 40.1 Å². The monoisotopic (exact) mass is 398 g/mol. The minimum atomic E-state index is -0.147. The topological polar surface area (TPSA) is 67.7 Å². The molecule has 1 aliphatic carbocycles. The summed E-state index contributed by atoms with van der Waals surface area (Å²) >= 11 is 0. The molecule has 1 aliphatic heterocycles. The Balaban J connectivity index is 1.40. The van der Waals surface area contributed by atoms with Gasteiger partial charge in [0.05, 0.1) is 6.54 Å². The van der Waals surface area contributed by atoms with Crippen molar-refractivity contribution >= 4 is 12.1 Å². The molecule has 0 N–H and O–H groups in total. The molecule has 0 spiro atoms. The van der Waals surface area contributed by atoms with Gasteiger partial charge in [-0.05, 0) is 41.7 Å². The molecular weight excluding hydrogens is 376 g/mol. The largest absolute Gasteiger partial charge is 0.474 e. The normalized spacial score (nSPS) is 14.4. The van der Waals surface area contributed by atoms with Gasteiger partial charge in [0.15, 0.2) is 0 Å². The van der Waals surface area contributed by atoms with Crippen molar-refractivity contribution in [3.8, 4) is 17.0 Å². The molecule has 2 aromatic heterocycles. The highest BCUT2D eigenvalue weighted by atomic mass is 16.5. The molecule has 2 aliphatic rings. The number of nitrogens with zero attached hydrogens (tertiary/aromatic N) is 4. The molecular formula is C24H22N4O2. The first-order chi connectivity index (χ1) is 14.7. The van der Waals surface area contributed by atoms with Gasteiger partial charge < -0.3 is 9.64 Å². The summed E-state index contributed by atoms with van der Waals surface area (Å²) in [4.78, 5) is 28.0. The average molecular weight is 398 g/mol. The number of carbonyl (C=O) groups is 1. The maximum absolute atomic E-state index is 13.1. The second kappa shape index (κ2) is 7.71. The second-order valence-corrected chi connectivity index (χ2v) is 7.73. The van der Waals surface area contributed by atoms with Gasteiger partial charge in [0, 0.05) is 43.3 Å². The van der Waals surface area contributed by atoms with Crippen molar-refractivity contribution in [3.05, 3.63) is 77.2 Å². The van der Waals surface area contributed by atoms with Crippen molar-refractivity contribution in [1.82, 2.24) is 14.9 Å². The van der Waals surface area contributed by atoms with Crippen molar-refractivity contribution in [1.29, 1.82) is 0 Å². The molecule has 30 heavy (non-hydrogen) atoms. The van der Waals surface area contributed by atoms with Crippen LogP contribution < -0.4 is 4.74 Å². The van der Waals surface area contributed by atoms with Crippen LogP contribution in [0.15, 0.2) is 59.9 Å². The van der Waals surface area contributed by atoms with Gasteiger partial charge in [-0.3, -0.25) is 14.8 Å². The van der Waals surface area contributed by atoms with Crippen molar-refractivity contribution in [2.45, 2.75) is 32.0 Å². The lowest BCUT2D eigenvalue weighted by molar-refractivity contribution is 0.0777. The molecule has 5 rings (SSSR count). The molecule has 6 heteroatoms. The molecule has 1 saturated carbocycles. The molecule has 3 heterocycles. The van der Waals surface area contributed by atoms with Gasteiger partial charge in [-0.2, -0.15) is 0 Å². The lowest BCUT2D eigenvalue weighted by atomic mass is 10.1. The summed E-state index contributed by atoms with van der Waals surface area (Å²) < 4.78 is 6.05. The second-order valence-electron chi connectivity index (χ2n) is 7.73. The van der Waals surface area contributed by atoms with E-state index >= 15 is 0 Å². The molecule has 0 saturated heterocycles. The third kappa shape index (κ3) is 3.68. The minimum Gasteiger partial charge on any atom is -0.474 e. The molecule has 0 radical (unpaired) electrons. The number of aliphatic imine (C=N–C) groups is 1. The number of hydrogen-bond acceptors (Lipinski definition) is 5. The quantitative estimate of drug-likeness (QED) is 0.632.